The van der Waals surface area contributed by atoms with E-state index in [2.05, 4.69) is 20.6 Å². The minimum atomic E-state index is -0.772. The van der Waals surface area contributed by atoms with E-state index in [-0.39, 0.29) is 31.0 Å². The van der Waals surface area contributed by atoms with E-state index in [0.717, 1.165) is 31.2 Å². The first kappa shape index (κ1) is 24.9. The molecule has 0 bridgehead atoms. The van der Waals surface area contributed by atoms with Crippen LogP contribution in [0.15, 0.2) is 36.5 Å². The zero-order valence-electron chi connectivity index (χ0n) is 21.5. The maximum Gasteiger partial charge on any atom is 0.230 e. The highest BCUT2D eigenvalue weighted by atomic mass is 19.1. The highest BCUT2D eigenvalue weighted by Gasteiger charge is 2.42. The van der Waals surface area contributed by atoms with Gasteiger partial charge < -0.3 is 25.1 Å². The smallest absolute Gasteiger partial charge is 0.230 e. The SMILES string of the molecule is CC1(C(=O)NC2CC2)COC(c2nc(-c3ccc(F)cc3)c(-c3ccnc(NC4CCCCC4)n3)[nH]2)OC1. The van der Waals surface area contributed by atoms with Crippen LogP contribution in [-0.2, 0) is 14.3 Å². The van der Waals surface area contributed by atoms with E-state index in [1.54, 1.807) is 18.3 Å². The zero-order chi connectivity index (χ0) is 26.1. The molecule has 0 atom stereocenters. The Hall–Kier alpha value is -3.37. The summed E-state index contributed by atoms with van der Waals surface area (Å²) >= 11 is 0. The number of carbonyl (C=O) groups is 1. The van der Waals surface area contributed by atoms with Gasteiger partial charge in [0.05, 0.1) is 35.7 Å². The minimum Gasteiger partial charge on any atom is -0.353 e. The Kier molecular flexibility index (Phi) is 6.84. The Balaban J connectivity index is 1.26. The third kappa shape index (κ3) is 5.42. The first-order valence-corrected chi connectivity index (χ1v) is 13.5. The summed E-state index contributed by atoms with van der Waals surface area (Å²) in [5, 5.41) is 6.51. The molecule has 2 saturated carbocycles. The second kappa shape index (κ2) is 10.4. The Bertz CT molecular complexity index is 1280. The highest BCUT2D eigenvalue weighted by molar-refractivity contribution is 5.83. The van der Waals surface area contributed by atoms with Gasteiger partial charge in [0.1, 0.15) is 5.82 Å². The molecule has 1 amide bonds. The van der Waals surface area contributed by atoms with Gasteiger partial charge in [-0.2, -0.15) is 0 Å². The lowest BCUT2D eigenvalue weighted by Gasteiger charge is -2.35. The number of rotatable bonds is 7. The van der Waals surface area contributed by atoms with Crippen molar-refractivity contribution in [3.8, 4) is 22.6 Å². The molecule has 1 aromatic carbocycles. The monoisotopic (exact) mass is 520 g/mol. The molecule has 3 heterocycles. The number of imidazole rings is 1. The molecule has 3 fully saturated rings. The molecule has 1 aliphatic heterocycles. The van der Waals surface area contributed by atoms with Crippen molar-refractivity contribution in [2.45, 2.75) is 70.2 Å². The van der Waals surface area contributed by atoms with Gasteiger partial charge in [0.15, 0.2) is 5.82 Å². The van der Waals surface area contributed by atoms with Crippen LogP contribution in [0, 0.1) is 11.2 Å². The predicted molar refractivity (Wildman–Crippen MR) is 139 cm³/mol. The number of nitrogens with one attached hydrogen (secondary N) is 3. The van der Waals surface area contributed by atoms with Crippen LogP contribution in [0.25, 0.3) is 22.6 Å². The Labute approximate surface area is 221 Å². The van der Waals surface area contributed by atoms with Crippen molar-refractivity contribution in [2.75, 3.05) is 18.5 Å². The van der Waals surface area contributed by atoms with Crippen molar-refractivity contribution in [2.24, 2.45) is 5.41 Å². The largest absolute Gasteiger partial charge is 0.353 e. The number of anilines is 1. The molecule has 6 rings (SSSR count). The van der Waals surface area contributed by atoms with Gasteiger partial charge in [-0.3, -0.25) is 4.79 Å². The van der Waals surface area contributed by atoms with E-state index in [0.29, 0.717) is 34.9 Å². The molecule has 2 aromatic heterocycles. The van der Waals surface area contributed by atoms with Crippen LogP contribution in [0.1, 0.15) is 64.0 Å². The summed E-state index contributed by atoms with van der Waals surface area (Å²) in [6, 6.07) is 8.63. The lowest BCUT2D eigenvalue weighted by molar-refractivity contribution is -0.231. The van der Waals surface area contributed by atoms with Gasteiger partial charge in [-0.1, -0.05) is 19.3 Å². The first-order chi connectivity index (χ1) is 18.5. The number of halogens is 1. The summed E-state index contributed by atoms with van der Waals surface area (Å²) in [6.45, 7) is 2.27. The molecule has 0 unspecified atom stereocenters. The van der Waals surface area contributed by atoms with E-state index in [4.69, 9.17) is 19.4 Å². The summed E-state index contributed by atoms with van der Waals surface area (Å²) in [4.78, 5) is 30.0. The average molecular weight is 521 g/mol. The number of ether oxygens (including phenoxy) is 2. The normalized spacial score (nSPS) is 24.2. The molecule has 2 aliphatic carbocycles. The summed E-state index contributed by atoms with van der Waals surface area (Å²) in [5.41, 5.74) is 1.89. The van der Waals surface area contributed by atoms with Gasteiger partial charge >= 0.3 is 0 Å². The third-order valence-corrected chi connectivity index (χ3v) is 7.48. The number of aromatic amines is 1. The van der Waals surface area contributed by atoms with Crippen molar-refractivity contribution in [1.29, 1.82) is 0 Å². The van der Waals surface area contributed by atoms with Crippen LogP contribution in [-0.4, -0.2) is 51.1 Å². The molecule has 3 N–H and O–H groups in total. The lowest BCUT2D eigenvalue weighted by Crippen LogP contribution is -2.49. The van der Waals surface area contributed by atoms with Crippen molar-refractivity contribution < 1.29 is 18.7 Å². The van der Waals surface area contributed by atoms with Crippen molar-refractivity contribution in [3.05, 3.63) is 48.2 Å². The summed E-state index contributed by atoms with van der Waals surface area (Å²) in [7, 11) is 0. The fourth-order valence-corrected chi connectivity index (χ4v) is 4.99. The van der Waals surface area contributed by atoms with E-state index >= 15 is 0 Å². The van der Waals surface area contributed by atoms with Crippen LogP contribution >= 0.6 is 0 Å². The number of aromatic nitrogens is 4. The third-order valence-electron chi connectivity index (χ3n) is 7.48. The molecule has 0 radical (unpaired) electrons. The van der Waals surface area contributed by atoms with E-state index in [1.165, 1.54) is 31.4 Å². The van der Waals surface area contributed by atoms with Gasteiger partial charge in [0.25, 0.3) is 0 Å². The predicted octanol–water partition coefficient (Wildman–Crippen LogP) is 4.75. The number of H-pyrrole nitrogens is 1. The summed E-state index contributed by atoms with van der Waals surface area (Å²) in [6.07, 6.45) is 8.89. The lowest BCUT2D eigenvalue weighted by atomic mass is 9.91. The van der Waals surface area contributed by atoms with E-state index in [1.807, 2.05) is 13.0 Å². The fraction of sp³-hybridized carbons (Fsp3) is 0.500. The number of nitrogens with zero attached hydrogens (tertiary/aromatic N) is 3. The van der Waals surface area contributed by atoms with Crippen LogP contribution < -0.4 is 10.6 Å². The van der Waals surface area contributed by atoms with Crippen molar-refractivity contribution >= 4 is 11.9 Å². The Morgan fingerprint density at radius 3 is 2.45 bits per heavy atom. The van der Waals surface area contributed by atoms with Gasteiger partial charge in [-0.15, -0.1) is 0 Å². The minimum absolute atomic E-state index is 0.0513. The van der Waals surface area contributed by atoms with Crippen LogP contribution in [0.4, 0.5) is 10.3 Å². The molecule has 9 nitrogen and oxygen atoms in total. The molecule has 3 aromatic rings. The van der Waals surface area contributed by atoms with E-state index in [9.17, 15) is 9.18 Å². The molecular formula is C28H33FN6O3. The van der Waals surface area contributed by atoms with Crippen LogP contribution in [0.2, 0.25) is 0 Å². The molecular weight excluding hydrogens is 487 g/mol. The maximum absolute atomic E-state index is 13.7. The second-order valence-corrected chi connectivity index (χ2v) is 10.9. The molecule has 200 valence electrons. The highest BCUT2D eigenvalue weighted by Crippen LogP contribution is 2.36. The van der Waals surface area contributed by atoms with Crippen molar-refractivity contribution in [3.63, 3.8) is 0 Å². The van der Waals surface area contributed by atoms with E-state index < -0.39 is 11.7 Å². The van der Waals surface area contributed by atoms with Crippen molar-refractivity contribution in [1.82, 2.24) is 25.3 Å². The quantitative estimate of drug-likeness (QED) is 0.412. The van der Waals surface area contributed by atoms with Crippen LogP contribution in [0.3, 0.4) is 0 Å². The summed E-state index contributed by atoms with van der Waals surface area (Å²) in [5.74, 6) is 0.655. The topological polar surface area (TPSA) is 114 Å². The number of benzene rings is 1. The molecule has 1 saturated heterocycles. The number of hydrogen-bond donors (Lipinski definition) is 3. The van der Waals surface area contributed by atoms with Gasteiger partial charge in [-0.25, -0.2) is 19.3 Å². The number of amides is 1. The average Bonchev–Trinajstić information content (AvgIpc) is 3.64. The fourth-order valence-electron chi connectivity index (χ4n) is 4.99. The Morgan fingerprint density at radius 1 is 1.00 bits per heavy atom. The van der Waals surface area contributed by atoms with Gasteiger partial charge in [0, 0.05) is 23.8 Å². The summed E-state index contributed by atoms with van der Waals surface area (Å²) < 4.78 is 25.7. The van der Waals surface area contributed by atoms with Crippen LogP contribution in [0.5, 0.6) is 0 Å². The number of carbonyl (C=O) groups excluding carboxylic acids is 1. The van der Waals surface area contributed by atoms with Gasteiger partial charge in [0.2, 0.25) is 18.1 Å². The first-order valence-electron chi connectivity index (χ1n) is 13.5. The second-order valence-electron chi connectivity index (χ2n) is 10.9. The van der Waals surface area contributed by atoms with Gasteiger partial charge in [-0.05, 0) is 62.9 Å². The standard InChI is InChI=1S/C28H33FN6O3/c1-28(26(36)31-20-11-12-20)15-37-25(38-16-28)24-34-22(17-7-9-18(29)10-8-17)23(35-24)21-13-14-30-27(33-21)32-19-5-3-2-4-6-19/h7-10,13-14,19-20,25H,2-6,11-12,15-16H2,1H3,(H,31,36)(H,34,35)(H,30,32,33). The molecule has 0 spiro atoms. The molecule has 38 heavy (non-hydrogen) atoms. The maximum atomic E-state index is 13.7. The number of hydrogen-bond acceptors (Lipinski definition) is 7. The Morgan fingerprint density at radius 2 is 1.74 bits per heavy atom. The molecule has 3 aliphatic rings. The zero-order valence-corrected chi connectivity index (χ0v) is 21.5. The molecule has 10 heteroatoms.